The SMILES string of the molecule is CNCC(O)c1cccn1S(C)(=O)=O. The standard InChI is InChI=1S/C8H14N2O3S/c1-9-6-8(11)7-4-3-5-10(7)14(2,12)13/h3-5,8-9,11H,6H2,1-2H3. The van der Waals surface area contributed by atoms with Crippen LogP contribution in [-0.4, -0.2) is 37.3 Å². The Bertz CT molecular complexity index is 396. The third-order valence-corrected chi connectivity index (χ3v) is 2.89. The van der Waals surface area contributed by atoms with E-state index in [-0.39, 0.29) is 0 Å². The van der Waals surface area contributed by atoms with Crippen LogP contribution in [0.15, 0.2) is 18.3 Å². The molecule has 0 aromatic carbocycles. The molecule has 0 aliphatic rings. The van der Waals surface area contributed by atoms with Crippen LogP contribution in [0.3, 0.4) is 0 Å². The third kappa shape index (κ3) is 2.34. The molecule has 0 amide bonds. The fraction of sp³-hybridized carbons (Fsp3) is 0.500. The van der Waals surface area contributed by atoms with E-state index in [2.05, 4.69) is 5.32 Å². The summed E-state index contributed by atoms with van der Waals surface area (Å²) in [5.74, 6) is 0. The molecule has 1 aromatic heterocycles. The molecule has 0 bridgehead atoms. The van der Waals surface area contributed by atoms with Gasteiger partial charge in [0, 0.05) is 12.7 Å². The molecule has 1 aromatic rings. The van der Waals surface area contributed by atoms with E-state index in [0.29, 0.717) is 12.2 Å². The summed E-state index contributed by atoms with van der Waals surface area (Å²) in [5.41, 5.74) is 0.377. The van der Waals surface area contributed by atoms with E-state index in [1.807, 2.05) is 0 Å². The largest absolute Gasteiger partial charge is 0.386 e. The summed E-state index contributed by atoms with van der Waals surface area (Å²) in [4.78, 5) is 0. The molecule has 0 saturated heterocycles. The van der Waals surface area contributed by atoms with Gasteiger partial charge in [0.2, 0.25) is 10.0 Å². The maximum atomic E-state index is 11.3. The average Bonchev–Trinajstić information content (AvgIpc) is 2.50. The molecule has 1 heterocycles. The molecular weight excluding hydrogens is 204 g/mol. The summed E-state index contributed by atoms with van der Waals surface area (Å²) in [6.07, 6.45) is 1.70. The molecule has 0 spiro atoms. The molecule has 2 N–H and O–H groups in total. The van der Waals surface area contributed by atoms with E-state index in [1.54, 1.807) is 19.2 Å². The summed E-state index contributed by atoms with van der Waals surface area (Å²) >= 11 is 0. The Balaban J connectivity index is 3.05. The molecule has 14 heavy (non-hydrogen) atoms. The molecule has 1 rings (SSSR count). The minimum atomic E-state index is -3.32. The number of hydrogen-bond donors (Lipinski definition) is 2. The van der Waals surface area contributed by atoms with Crippen molar-refractivity contribution in [2.75, 3.05) is 19.8 Å². The second kappa shape index (κ2) is 4.12. The van der Waals surface area contributed by atoms with E-state index in [1.165, 1.54) is 6.20 Å². The predicted octanol–water partition coefficient (Wildman–Crippen LogP) is -0.451. The lowest BCUT2D eigenvalue weighted by molar-refractivity contribution is 0.172. The van der Waals surface area contributed by atoms with Crippen LogP contribution >= 0.6 is 0 Å². The predicted molar refractivity (Wildman–Crippen MR) is 53.6 cm³/mol. The van der Waals surface area contributed by atoms with Gasteiger partial charge in [0.1, 0.15) is 6.10 Å². The highest BCUT2D eigenvalue weighted by Gasteiger charge is 2.16. The van der Waals surface area contributed by atoms with Crippen molar-refractivity contribution in [1.29, 1.82) is 0 Å². The van der Waals surface area contributed by atoms with Crippen molar-refractivity contribution in [3.63, 3.8) is 0 Å². The number of nitrogens with zero attached hydrogens (tertiary/aromatic N) is 1. The zero-order valence-electron chi connectivity index (χ0n) is 8.14. The van der Waals surface area contributed by atoms with E-state index >= 15 is 0 Å². The Morgan fingerprint density at radius 1 is 1.64 bits per heavy atom. The lowest BCUT2D eigenvalue weighted by Gasteiger charge is -2.12. The van der Waals surface area contributed by atoms with Crippen LogP contribution in [0, 0.1) is 0 Å². The first-order valence-corrected chi connectivity index (χ1v) is 6.02. The quantitative estimate of drug-likeness (QED) is 0.718. The zero-order chi connectivity index (χ0) is 10.8. The topological polar surface area (TPSA) is 71.3 Å². The van der Waals surface area contributed by atoms with Gasteiger partial charge in [-0.1, -0.05) is 0 Å². The molecule has 80 valence electrons. The number of aliphatic hydroxyl groups is 1. The summed E-state index contributed by atoms with van der Waals surface area (Å²) in [6, 6.07) is 3.18. The van der Waals surface area contributed by atoms with Crippen LogP contribution in [0.4, 0.5) is 0 Å². The number of aliphatic hydroxyl groups excluding tert-OH is 1. The van der Waals surface area contributed by atoms with Crippen molar-refractivity contribution in [2.24, 2.45) is 0 Å². The molecule has 6 heteroatoms. The first-order valence-electron chi connectivity index (χ1n) is 4.17. The smallest absolute Gasteiger partial charge is 0.235 e. The van der Waals surface area contributed by atoms with E-state index in [9.17, 15) is 13.5 Å². The summed E-state index contributed by atoms with van der Waals surface area (Å²) in [6.45, 7) is 0.319. The first kappa shape index (κ1) is 11.2. The van der Waals surface area contributed by atoms with E-state index in [0.717, 1.165) is 10.2 Å². The molecular formula is C8H14N2O3S. The normalized spacial score (nSPS) is 14.2. The Morgan fingerprint density at radius 3 is 2.79 bits per heavy atom. The van der Waals surface area contributed by atoms with Gasteiger partial charge in [-0.05, 0) is 19.2 Å². The molecule has 0 aliphatic carbocycles. The summed E-state index contributed by atoms with van der Waals surface area (Å²) in [5, 5.41) is 12.4. The summed E-state index contributed by atoms with van der Waals surface area (Å²) < 4.78 is 23.6. The number of nitrogens with one attached hydrogen (secondary N) is 1. The fourth-order valence-electron chi connectivity index (χ4n) is 1.24. The van der Waals surface area contributed by atoms with Crippen LogP contribution in [0.2, 0.25) is 0 Å². The van der Waals surface area contributed by atoms with E-state index < -0.39 is 16.1 Å². The van der Waals surface area contributed by atoms with Gasteiger partial charge in [-0.2, -0.15) is 0 Å². The Hall–Kier alpha value is -0.850. The minimum absolute atomic E-state index is 0.319. The van der Waals surface area contributed by atoms with Gasteiger partial charge in [-0.3, -0.25) is 0 Å². The second-order valence-corrected chi connectivity index (χ2v) is 4.92. The molecule has 0 fully saturated rings. The number of hydrogen-bond acceptors (Lipinski definition) is 4. The maximum Gasteiger partial charge on any atom is 0.235 e. The van der Waals surface area contributed by atoms with Crippen molar-refractivity contribution in [2.45, 2.75) is 6.10 Å². The summed E-state index contributed by atoms with van der Waals surface area (Å²) in [7, 11) is -1.63. The highest BCUT2D eigenvalue weighted by Crippen LogP contribution is 2.14. The van der Waals surface area contributed by atoms with Crippen LogP contribution in [0.1, 0.15) is 11.8 Å². The van der Waals surface area contributed by atoms with Gasteiger partial charge in [0.15, 0.2) is 0 Å². The molecule has 0 saturated carbocycles. The van der Waals surface area contributed by atoms with Gasteiger partial charge in [-0.25, -0.2) is 12.4 Å². The van der Waals surface area contributed by atoms with Crippen LogP contribution < -0.4 is 5.32 Å². The van der Waals surface area contributed by atoms with E-state index in [4.69, 9.17) is 0 Å². The third-order valence-electron chi connectivity index (χ3n) is 1.84. The number of aromatic nitrogens is 1. The number of likely N-dealkylation sites (N-methyl/N-ethyl adjacent to an activating group) is 1. The Kier molecular flexibility index (Phi) is 3.30. The van der Waals surface area contributed by atoms with Gasteiger partial charge < -0.3 is 10.4 Å². The Morgan fingerprint density at radius 2 is 2.29 bits per heavy atom. The van der Waals surface area contributed by atoms with Crippen LogP contribution in [0.25, 0.3) is 0 Å². The Labute approximate surface area is 83.4 Å². The monoisotopic (exact) mass is 218 g/mol. The lowest BCUT2D eigenvalue weighted by atomic mass is 10.2. The minimum Gasteiger partial charge on any atom is -0.386 e. The molecule has 1 unspecified atom stereocenters. The molecule has 0 radical (unpaired) electrons. The van der Waals surface area contributed by atoms with Crippen LogP contribution in [-0.2, 0) is 10.0 Å². The highest BCUT2D eigenvalue weighted by atomic mass is 32.2. The first-order chi connectivity index (χ1) is 6.46. The lowest BCUT2D eigenvalue weighted by Crippen LogP contribution is -2.21. The molecule has 5 nitrogen and oxygen atoms in total. The highest BCUT2D eigenvalue weighted by molar-refractivity contribution is 7.89. The maximum absolute atomic E-state index is 11.3. The van der Waals surface area contributed by atoms with Gasteiger partial charge in [0.25, 0.3) is 0 Å². The van der Waals surface area contributed by atoms with Gasteiger partial charge in [0.05, 0.1) is 11.9 Å². The van der Waals surface area contributed by atoms with Crippen molar-refractivity contribution in [1.82, 2.24) is 9.29 Å². The van der Waals surface area contributed by atoms with Gasteiger partial charge in [-0.15, -0.1) is 0 Å². The molecule has 1 atom stereocenters. The van der Waals surface area contributed by atoms with Crippen molar-refractivity contribution in [3.05, 3.63) is 24.0 Å². The average molecular weight is 218 g/mol. The van der Waals surface area contributed by atoms with Crippen molar-refractivity contribution < 1.29 is 13.5 Å². The fourth-order valence-corrected chi connectivity index (χ4v) is 2.09. The van der Waals surface area contributed by atoms with Crippen molar-refractivity contribution in [3.8, 4) is 0 Å². The second-order valence-electron chi connectivity index (χ2n) is 3.07. The zero-order valence-corrected chi connectivity index (χ0v) is 8.95. The van der Waals surface area contributed by atoms with Crippen molar-refractivity contribution >= 4 is 10.0 Å². The molecule has 0 aliphatic heterocycles. The van der Waals surface area contributed by atoms with Gasteiger partial charge >= 0.3 is 0 Å². The van der Waals surface area contributed by atoms with Crippen LogP contribution in [0.5, 0.6) is 0 Å². The number of rotatable bonds is 4.